The summed E-state index contributed by atoms with van der Waals surface area (Å²) < 4.78 is 5.62. The molecule has 16 heavy (non-hydrogen) atoms. The van der Waals surface area contributed by atoms with Gasteiger partial charge in [0, 0.05) is 17.0 Å². The average Bonchev–Trinajstić information content (AvgIpc) is 2.85. The van der Waals surface area contributed by atoms with Crippen LogP contribution in [0.3, 0.4) is 0 Å². The molecule has 1 aromatic heterocycles. The minimum atomic E-state index is 0.0539. The van der Waals surface area contributed by atoms with E-state index < -0.39 is 0 Å². The van der Waals surface area contributed by atoms with Gasteiger partial charge in [0.2, 0.25) is 0 Å². The van der Waals surface area contributed by atoms with Gasteiger partial charge in [0.1, 0.15) is 5.52 Å². The molecule has 0 amide bonds. The van der Waals surface area contributed by atoms with Gasteiger partial charge >= 0.3 is 0 Å². The predicted molar refractivity (Wildman–Crippen MR) is 63.5 cm³/mol. The number of nitrogens with zero attached hydrogens (tertiary/aromatic N) is 1. The lowest BCUT2D eigenvalue weighted by Crippen LogP contribution is -2.22. The van der Waals surface area contributed by atoms with E-state index in [4.69, 9.17) is 21.8 Å². The number of nitrogens with two attached hydrogens (primary N) is 1. The Balaban J connectivity index is 1.82. The molecule has 0 saturated heterocycles. The lowest BCUT2D eigenvalue weighted by Gasteiger charge is -2.04. The third-order valence-corrected chi connectivity index (χ3v) is 3.36. The fraction of sp³-hybridized carbons (Fsp3) is 0.417. The van der Waals surface area contributed by atoms with Gasteiger partial charge in [0.05, 0.1) is 0 Å². The molecule has 1 aliphatic carbocycles. The summed E-state index contributed by atoms with van der Waals surface area (Å²) in [6.45, 7) is 0. The van der Waals surface area contributed by atoms with Crippen molar-refractivity contribution in [2.75, 3.05) is 0 Å². The van der Waals surface area contributed by atoms with E-state index in [0.717, 1.165) is 42.7 Å². The number of rotatable bonds is 3. The van der Waals surface area contributed by atoms with Gasteiger partial charge in [-0.1, -0.05) is 11.6 Å². The molecule has 1 saturated carbocycles. The normalized spacial score (nSPS) is 17.9. The summed E-state index contributed by atoms with van der Waals surface area (Å²) in [5, 5.41) is 0.685. The van der Waals surface area contributed by atoms with Gasteiger partial charge < -0.3 is 10.2 Å². The highest BCUT2D eigenvalue weighted by Gasteiger charge is 2.37. The summed E-state index contributed by atoms with van der Waals surface area (Å²) in [5.41, 5.74) is 7.69. The second-order valence-corrected chi connectivity index (χ2v) is 5.02. The molecule has 2 N–H and O–H groups in total. The number of benzene rings is 1. The number of hydrogen-bond donors (Lipinski definition) is 1. The highest BCUT2D eigenvalue weighted by molar-refractivity contribution is 6.31. The molecule has 0 bridgehead atoms. The third kappa shape index (κ3) is 1.93. The zero-order chi connectivity index (χ0) is 11.2. The van der Waals surface area contributed by atoms with Crippen LogP contribution in [-0.2, 0) is 6.42 Å². The Bertz CT molecular complexity index is 531. The Kier molecular flexibility index (Phi) is 2.19. The summed E-state index contributed by atoms with van der Waals surface area (Å²) in [6, 6.07) is 5.48. The van der Waals surface area contributed by atoms with E-state index in [2.05, 4.69) is 4.98 Å². The Morgan fingerprint density at radius 1 is 1.44 bits per heavy atom. The quantitative estimate of drug-likeness (QED) is 0.892. The molecule has 0 spiro atoms. The van der Waals surface area contributed by atoms with Crippen molar-refractivity contribution in [1.29, 1.82) is 0 Å². The monoisotopic (exact) mass is 236 g/mol. The fourth-order valence-electron chi connectivity index (χ4n) is 1.82. The summed E-state index contributed by atoms with van der Waals surface area (Å²) in [7, 11) is 0. The zero-order valence-corrected chi connectivity index (χ0v) is 9.63. The number of halogens is 1. The maximum Gasteiger partial charge on any atom is 0.195 e. The van der Waals surface area contributed by atoms with E-state index in [1.165, 1.54) is 0 Å². The summed E-state index contributed by atoms with van der Waals surface area (Å²) in [6.07, 6.45) is 4.01. The highest BCUT2D eigenvalue weighted by Crippen LogP contribution is 2.36. The van der Waals surface area contributed by atoms with Crippen molar-refractivity contribution in [1.82, 2.24) is 4.98 Å². The summed E-state index contributed by atoms with van der Waals surface area (Å²) in [4.78, 5) is 4.40. The van der Waals surface area contributed by atoms with Gasteiger partial charge in [-0.25, -0.2) is 4.98 Å². The minimum absolute atomic E-state index is 0.0539. The second-order valence-electron chi connectivity index (χ2n) is 4.58. The van der Waals surface area contributed by atoms with Crippen LogP contribution in [0.1, 0.15) is 25.2 Å². The topological polar surface area (TPSA) is 52.0 Å². The number of fused-ring (bicyclic) bond motifs is 1. The molecular formula is C12H13ClN2O. The van der Waals surface area contributed by atoms with Crippen LogP contribution in [0.4, 0.5) is 0 Å². The lowest BCUT2D eigenvalue weighted by molar-refractivity contribution is 0.491. The van der Waals surface area contributed by atoms with E-state index in [-0.39, 0.29) is 5.54 Å². The van der Waals surface area contributed by atoms with Crippen molar-refractivity contribution in [3.8, 4) is 0 Å². The number of hydrogen-bond acceptors (Lipinski definition) is 3. The minimum Gasteiger partial charge on any atom is -0.441 e. The Morgan fingerprint density at radius 2 is 2.25 bits per heavy atom. The van der Waals surface area contributed by atoms with Gasteiger partial charge in [0.15, 0.2) is 11.5 Å². The standard InChI is InChI=1S/C12H13ClN2O/c13-8-1-2-10-9(7-8)15-11(16-10)3-4-12(14)5-6-12/h1-2,7H,3-6,14H2. The van der Waals surface area contributed by atoms with Crippen LogP contribution in [0, 0.1) is 0 Å². The van der Waals surface area contributed by atoms with Crippen LogP contribution in [0.15, 0.2) is 22.6 Å². The fourth-order valence-corrected chi connectivity index (χ4v) is 1.99. The summed E-state index contributed by atoms with van der Waals surface area (Å²) in [5.74, 6) is 0.758. The maximum absolute atomic E-state index is 6.02. The number of aryl methyl sites for hydroxylation is 1. The van der Waals surface area contributed by atoms with Crippen molar-refractivity contribution in [2.45, 2.75) is 31.2 Å². The van der Waals surface area contributed by atoms with Gasteiger partial charge in [-0.2, -0.15) is 0 Å². The Hall–Kier alpha value is -1.06. The first-order valence-electron chi connectivity index (χ1n) is 5.49. The maximum atomic E-state index is 6.02. The molecule has 84 valence electrons. The largest absolute Gasteiger partial charge is 0.441 e. The van der Waals surface area contributed by atoms with E-state index in [0.29, 0.717) is 5.02 Å². The average molecular weight is 237 g/mol. The van der Waals surface area contributed by atoms with Crippen LogP contribution in [0.5, 0.6) is 0 Å². The molecule has 3 rings (SSSR count). The molecule has 0 radical (unpaired) electrons. The Morgan fingerprint density at radius 3 is 3.00 bits per heavy atom. The molecule has 1 aliphatic rings. The van der Waals surface area contributed by atoms with Crippen LogP contribution in [-0.4, -0.2) is 10.5 Å². The van der Waals surface area contributed by atoms with Crippen molar-refractivity contribution in [3.05, 3.63) is 29.1 Å². The number of aromatic nitrogens is 1. The summed E-state index contributed by atoms with van der Waals surface area (Å²) >= 11 is 5.89. The first-order chi connectivity index (χ1) is 7.65. The van der Waals surface area contributed by atoms with Gasteiger partial charge in [-0.3, -0.25) is 0 Å². The van der Waals surface area contributed by atoms with Crippen molar-refractivity contribution in [3.63, 3.8) is 0 Å². The number of oxazole rings is 1. The zero-order valence-electron chi connectivity index (χ0n) is 8.87. The van der Waals surface area contributed by atoms with Crippen LogP contribution >= 0.6 is 11.6 Å². The van der Waals surface area contributed by atoms with E-state index >= 15 is 0 Å². The van der Waals surface area contributed by atoms with E-state index in [1.807, 2.05) is 18.2 Å². The molecule has 0 unspecified atom stereocenters. The first kappa shape index (κ1) is 10.1. The SMILES string of the molecule is NC1(CCc2nc3cc(Cl)ccc3o2)CC1. The van der Waals surface area contributed by atoms with E-state index in [9.17, 15) is 0 Å². The molecule has 0 aliphatic heterocycles. The van der Waals surface area contributed by atoms with Gasteiger partial charge in [-0.05, 0) is 37.5 Å². The van der Waals surface area contributed by atoms with Gasteiger partial charge in [0.25, 0.3) is 0 Å². The second kappa shape index (κ2) is 3.47. The predicted octanol–water partition coefficient (Wildman–Crippen LogP) is 2.91. The van der Waals surface area contributed by atoms with Crippen molar-refractivity contribution >= 4 is 22.7 Å². The molecule has 2 aromatic rings. The first-order valence-corrected chi connectivity index (χ1v) is 5.86. The Labute approximate surface area is 98.6 Å². The lowest BCUT2D eigenvalue weighted by atomic mass is 10.1. The van der Waals surface area contributed by atoms with Gasteiger partial charge in [-0.15, -0.1) is 0 Å². The van der Waals surface area contributed by atoms with Crippen LogP contribution in [0.2, 0.25) is 5.02 Å². The molecule has 0 atom stereocenters. The van der Waals surface area contributed by atoms with Crippen molar-refractivity contribution < 1.29 is 4.42 Å². The molecular weight excluding hydrogens is 224 g/mol. The molecule has 1 fully saturated rings. The van der Waals surface area contributed by atoms with E-state index in [1.54, 1.807) is 0 Å². The molecule has 4 heteroatoms. The molecule has 1 heterocycles. The third-order valence-electron chi connectivity index (χ3n) is 3.12. The van der Waals surface area contributed by atoms with Crippen LogP contribution in [0.25, 0.3) is 11.1 Å². The molecule has 3 nitrogen and oxygen atoms in total. The van der Waals surface area contributed by atoms with Crippen molar-refractivity contribution in [2.24, 2.45) is 5.73 Å². The smallest absolute Gasteiger partial charge is 0.195 e. The highest BCUT2D eigenvalue weighted by atomic mass is 35.5. The van der Waals surface area contributed by atoms with Crippen LogP contribution < -0.4 is 5.73 Å². The molecule has 1 aromatic carbocycles.